The molecule has 0 saturated carbocycles. The fourth-order valence-electron chi connectivity index (χ4n) is 2.04. The van der Waals surface area contributed by atoms with Gasteiger partial charge in [-0.15, -0.1) is 11.6 Å². The Morgan fingerprint density at radius 1 is 1.37 bits per heavy atom. The van der Waals surface area contributed by atoms with E-state index in [2.05, 4.69) is 36.4 Å². The molecule has 4 heteroatoms. The van der Waals surface area contributed by atoms with Crippen LogP contribution in [0.2, 0.25) is 0 Å². The summed E-state index contributed by atoms with van der Waals surface area (Å²) in [6.45, 7) is 7.52. The first kappa shape index (κ1) is 13.9. The zero-order valence-electron chi connectivity index (χ0n) is 11.6. The number of imidazole rings is 1. The number of halogens is 1. The van der Waals surface area contributed by atoms with Gasteiger partial charge in [-0.2, -0.15) is 5.26 Å². The van der Waals surface area contributed by atoms with Crippen LogP contribution in [-0.4, -0.2) is 9.55 Å². The second kappa shape index (κ2) is 5.22. The predicted molar refractivity (Wildman–Crippen MR) is 78.1 cm³/mol. The molecule has 0 bridgehead atoms. The maximum atomic E-state index is 9.01. The number of alkyl halides is 1. The van der Waals surface area contributed by atoms with E-state index in [9.17, 15) is 0 Å². The van der Waals surface area contributed by atoms with E-state index < -0.39 is 0 Å². The zero-order valence-corrected chi connectivity index (χ0v) is 12.3. The maximum absolute atomic E-state index is 9.01. The summed E-state index contributed by atoms with van der Waals surface area (Å²) < 4.78 is 2.13. The first-order valence-corrected chi connectivity index (χ1v) is 6.93. The van der Waals surface area contributed by atoms with E-state index in [1.165, 1.54) is 0 Å². The van der Waals surface area contributed by atoms with E-state index in [-0.39, 0.29) is 5.41 Å². The molecule has 0 atom stereocenters. The van der Waals surface area contributed by atoms with Crippen LogP contribution in [-0.2, 0) is 12.4 Å². The lowest BCUT2D eigenvalue weighted by Gasteiger charge is -2.19. The Balaban J connectivity index is 2.47. The van der Waals surface area contributed by atoms with Gasteiger partial charge in [-0.05, 0) is 30.0 Å². The quantitative estimate of drug-likeness (QED) is 0.792. The van der Waals surface area contributed by atoms with Crippen molar-refractivity contribution in [1.29, 1.82) is 5.26 Å². The highest BCUT2D eigenvalue weighted by Gasteiger charge is 2.15. The molecule has 0 spiro atoms. The first-order chi connectivity index (χ1) is 8.94. The van der Waals surface area contributed by atoms with Crippen molar-refractivity contribution >= 4 is 22.6 Å². The van der Waals surface area contributed by atoms with Crippen LogP contribution in [0.1, 0.15) is 38.6 Å². The standard InChI is InChI=1S/C15H18ClN3/c1-15(2,3)6-7-19-13-8-11(10-17)4-5-12(13)18-14(19)9-16/h4-5,8H,6-7,9H2,1-3H3. The van der Waals surface area contributed by atoms with Gasteiger partial charge in [0.05, 0.1) is 28.5 Å². The largest absolute Gasteiger partial charge is 0.327 e. The van der Waals surface area contributed by atoms with E-state index in [1.807, 2.05) is 12.1 Å². The molecule has 0 aliphatic rings. The summed E-state index contributed by atoms with van der Waals surface area (Å²) >= 11 is 5.98. The molecule has 0 saturated heterocycles. The smallest absolute Gasteiger partial charge is 0.124 e. The zero-order chi connectivity index (χ0) is 14.0. The third kappa shape index (κ3) is 3.08. The van der Waals surface area contributed by atoms with Gasteiger partial charge < -0.3 is 4.57 Å². The third-order valence-electron chi connectivity index (χ3n) is 3.16. The molecule has 0 fully saturated rings. The molecule has 0 N–H and O–H groups in total. The normalized spacial score (nSPS) is 11.7. The minimum Gasteiger partial charge on any atom is -0.327 e. The van der Waals surface area contributed by atoms with E-state index >= 15 is 0 Å². The van der Waals surface area contributed by atoms with Crippen molar-refractivity contribution in [3.8, 4) is 6.07 Å². The second-order valence-corrected chi connectivity index (χ2v) is 6.21. The van der Waals surface area contributed by atoms with Crippen molar-refractivity contribution < 1.29 is 0 Å². The number of nitriles is 1. The van der Waals surface area contributed by atoms with Gasteiger partial charge in [0.15, 0.2) is 0 Å². The molecule has 0 aliphatic carbocycles. The van der Waals surface area contributed by atoms with Crippen LogP contribution >= 0.6 is 11.6 Å². The van der Waals surface area contributed by atoms with Crippen molar-refractivity contribution in [3.63, 3.8) is 0 Å². The third-order valence-corrected chi connectivity index (χ3v) is 3.40. The van der Waals surface area contributed by atoms with Crippen molar-refractivity contribution in [2.45, 2.75) is 39.6 Å². The van der Waals surface area contributed by atoms with Gasteiger partial charge in [-0.25, -0.2) is 4.98 Å². The number of nitrogens with zero attached hydrogens (tertiary/aromatic N) is 3. The maximum Gasteiger partial charge on any atom is 0.124 e. The molecule has 3 nitrogen and oxygen atoms in total. The molecule has 0 unspecified atom stereocenters. The fourth-order valence-corrected chi connectivity index (χ4v) is 2.24. The van der Waals surface area contributed by atoms with Gasteiger partial charge in [0.1, 0.15) is 5.82 Å². The number of hydrogen-bond donors (Lipinski definition) is 0. The Bertz CT molecular complexity index is 629. The lowest BCUT2D eigenvalue weighted by Crippen LogP contribution is -2.12. The fraction of sp³-hybridized carbons (Fsp3) is 0.467. The number of fused-ring (bicyclic) bond motifs is 1. The van der Waals surface area contributed by atoms with Crippen molar-refractivity contribution in [2.75, 3.05) is 0 Å². The van der Waals surface area contributed by atoms with E-state index in [4.69, 9.17) is 16.9 Å². The van der Waals surface area contributed by atoms with Gasteiger partial charge in [-0.1, -0.05) is 20.8 Å². The minimum atomic E-state index is 0.257. The molecule has 19 heavy (non-hydrogen) atoms. The Hall–Kier alpha value is -1.53. The molecule has 1 heterocycles. The summed E-state index contributed by atoms with van der Waals surface area (Å²) in [7, 11) is 0. The molecule has 100 valence electrons. The van der Waals surface area contributed by atoms with Gasteiger partial charge in [0, 0.05) is 6.54 Å². The summed E-state index contributed by atoms with van der Waals surface area (Å²) in [5.74, 6) is 1.26. The molecule has 0 amide bonds. The molecule has 2 rings (SSSR count). The van der Waals surface area contributed by atoms with Gasteiger partial charge in [0.2, 0.25) is 0 Å². The van der Waals surface area contributed by atoms with E-state index in [0.29, 0.717) is 11.4 Å². The van der Waals surface area contributed by atoms with Crippen LogP contribution in [0.4, 0.5) is 0 Å². The Morgan fingerprint density at radius 2 is 2.11 bits per heavy atom. The monoisotopic (exact) mass is 275 g/mol. The Morgan fingerprint density at radius 3 is 2.68 bits per heavy atom. The van der Waals surface area contributed by atoms with E-state index in [1.54, 1.807) is 6.07 Å². The number of hydrogen-bond acceptors (Lipinski definition) is 2. The average Bonchev–Trinajstić information content (AvgIpc) is 2.72. The van der Waals surface area contributed by atoms with Crippen molar-refractivity contribution in [3.05, 3.63) is 29.6 Å². The van der Waals surface area contributed by atoms with Crippen LogP contribution < -0.4 is 0 Å². The van der Waals surface area contributed by atoms with Crippen molar-refractivity contribution in [2.24, 2.45) is 5.41 Å². The highest BCUT2D eigenvalue weighted by Crippen LogP contribution is 2.24. The molecule has 2 aromatic rings. The number of aromatic nitrogens is 2. The number of rotatable bonds is 3. The SMILES string of the molecule is CC(C)(C)CCn1c(CCl)nc2ccc(C#N)cc21. The number of benzene rings is 1. The Kier molecular flexibility index (Phi) is 3.82. The molecule has 1 aromatic carbocycles. The summed E-state index contributed by atoms with van der Waals surface area (Å²) in [4.78, 5) is 4.53. The molecule has 0 aliphatic heterocycles. The summed E-state index contributed by atoms with van der Waals surface area (Å²) in [5.41, 5.74) is 2.82. The minimum absolute atomic E-state index is 0.257. The second-order valence-electron chi connectivity index (χ2n) is 5.94. The topological polar surface area (TPSA) is 41.6 Å². The predicted octanol–water partition coefficient (Wildman–Crippen LogP) is 4.08. The summed E-state index contributed by atoms with van der Waals surface area (Å²) in [6, 6.07) is 7.74. The van der Waals surface area contributed by atoms with Crippen LogP contribution in [0.5, 0.6) is 0 Å². The van der Waals surface area contributed by atoms with Crippen LogP contribution in [0.3, 0.4) is 0 Å². The van der Waals surface area contributed by atoms with Crippen LogP contribution in [0.15, 0.2) is 18.2 Å². The van der Waals surface area contributed by atoms with Crippen LogP contribution in [0, 0.1) is 16.7 Å². The lowest BCUT2D eigenvalue weighted by atomic mass is 9.92. The van der Waals surface area contributed by atoms with Crippen molar-refractivity contribution in [1.82, 2.24) is 9.55 Å². The molecular weight excluding hydrogens is 258 g/mol. The number of aryl methyl sites for hydroxylation is 1. The Labute approximate surface area is 118 Å². The summed E-state index contributed by atoms with van der Waals surface area (Å²) in [5, 5.41) is 9.01. The van der Waals surface area contributed by atoms with E-state index in [0.717, 1.165) is 29.8 Å². The average molecular weight is 276 g/mol. The summed E-state index contributed by atoms with van der Waals surface area (Å²) in [6.07, 6.45) is 1.04. The first-order valence-electron chi connectivity index (χ1n) is 6.40. The molecule has 1 aromatic heterocycles. The highest BCUT2D eigenvalue weighted by atomic mass is 35.5. The molecular formula is C15H18ClN3. The molecule has 0 radical (unpaired) electrons. The lowest BCUT2D eigenvalue weighted by molar-refractivity contribution is 0.351. The highest BCUT2D eigenvalue weighted by molar-refractivity contribution is 6.16. The van der Waals surface area contributed by atoms with Gasteiger partial charge >= 0.3 is 0 Å². The van der Waals surface area contributed by atoms with Gasteiger partial charge in [0.25, 0.3) is 0 Å². The van der Waals surface area contributed by atoms with Crippen LogP contribution in [0.25, 0.3) is 11.0 Å². The van der Waals surface area contributed by atoms with Gasteiger partial charge in [-0.3, -0.25) is 0 Å².